The zero-order valence-electron chi connectivity index (χ0n) is 8.83. The van der Waals surface area contributed by atoms with Gasteiger partial charge in [-0.1, -0.05) is 18.2 Å². The van der Waals surface area contributed by atoms with Crippen molar-refractivity contribution in [2.45, 2.75) is 6.42 Å². The molecule has 0 unspecified atom stereocenters. The molecule has 0 saturated heterocycles. The van der Waals surface area contributed by atoms with E-state index in [-0.39, 0.29) is 12.4 Å². The van der Waals surface area contributed by atoms with Gasteiger partial charge in [0.25, 0.3) is 0 Å². The molecular weight excluding hydrogens is 206 g/mol. The van der Waals surface area contributed by atoms with E-state index >= 15 is 0 Å². The highest BCUT2D eigenvalue weighted by molar-refractivity contribution is 5.74. The Bertz CT molecular complexity index is 498. The van der Waals surface area contributed by atoms with Crippen molar-refractivity contribution >= 4 is 23.2 Å². The summed E-state index contributed by atoms with van der Waals surface area (Å²) in [5, 5.41) is 8.40. The summed E-state index contributed by atoms with van der Waals surface area (Å²) in [6.45, 7) is 0. The minimum atomic E-state index is -0.284. The van der Waals surface area contributed by atoms with Crippen molar-refractivity contribution in [3.8, 4) is 0 Å². The first-order chi connectivity index (χ1) is 7.79. The molecular formula is C11H11N3O2. The number of esters is 1. The average Bonchev–Trinajstić information content (AvgIpc) is 2.71. The van der Waals surface area contributed by atoms with Crippen molar-refractivity contribution in [3.05, 3.63) is 30.3 Å². The third kappa shape index (κ3) is 2.25. The molecule has 2 rings (SSSR count). The van der Waals surface area contributed by atoms with Gasteiger partial charge in [0, 0.05) is 6.20 Å². The topological polar surface area (TPSA) is 57.0 Å². The zero-order chi connectivity index (χ0) is 11.4. The molecule has 16 heavy (non-hydrogen) atoms. The van der Waals surface area contributed by atoms with Crippen LogP contribution in [0.4, 0.5) is 0 Å². The molecule has 0 atom stereocenters. The predicted molar refractivity (Wildman–Crippen MR) is 59.5 cm³/mol. The van der Waals surface area contributed by atoms with Gasteiger partial charge in [-0.3, -0.25) is 4.79 Å². The van der Waals surface area contributed by atoms with Gasteiger partial charge in [-0.2, -0.15) is 4.80 Å². The van der Waals surface area contributed by atoms with Crippen molar-refractivity contribution in [2.24, 2.45) is 0 Å². The molecule has 1 aromatic carbocycles. The normalized spacial score (nSPS) is 11.1. The van der Waals surface area contributed by atoms with E-state index < -0.39 is 0 Å². The molecule has 0 radical (unpaired) electrons. The number of benzene rings is 1. The summed E-state index contributed by atoms with van der Waals surface area (Å²) < 4.78 is 4.51. The number of rotatable bonds is 3. The fourth-order valence-corrected chi connectivity index (χ4v) is 1.27. The third-order valence-electron chi connectivity index (χ3n) is 2.05. The molecule has 1 aromatic heterocycles. The Morgan fingerprint density at radius 3 is 2.56 bits per heavy atom. The van der Waals surface area contributed by atoms with Gasteiger partial charge in [0.2, 0.25) is 0 Å². The molecule has 0 saturated carbocycles. The lowest BCUT2D eigenvalue weighted by Crippen LogP contribution is -1.98. The quantitative estimate of drug-likeness (QED) is 0.730. The second kappa shape index (κ2) is 4.57. The van der Waals surface area contributed by atoms with Gasteiger partial charge in [-0.15, -0.1) is 10.2 Å². The average molecular weight is 217 g/mol. The van der Waals surface area contributed by atoms with Crippen molar-refractivity contribution in [1.29, 1.82) is 0 Å². The van der Waals surface area contributed by atoms with Crippen LogP contribution >= 0.6 is 0 Å². The van der Waals surface area contributed by atoms with Crippen molar-refractivity contribution < 1.29 is 9.53 Å². The molecule has 5 nitrogen and oxygen atoms in total. The summed E-state index contributed by atoms with van der Waals surface area (Å²) >= 11 is 0. The van der Waals surface area contributed by atoms with Gasteiger partial charge in [0.15, 0.2) is 0 Å². The molecule has 0 fully saturated rings. The number of aromatic nitrogens is 3. The minimum Gasteiger partial charge on any atom is -0.469 e. The fourth-order valence-electron chi connectivity index (χ4n) is 1.27. The number of fused-ring (bicyclic) bond motifs is 1. The highest BCUT2D eigenvalue weighted by Crippen LogP contribution is 2.07. The minimum absolute atomic E-state index is 0.217. The summed E-state index contributed by atoms with van der Waals surface area (Å²) in [6.07, 6.45) is 3.51. The maximum absolute atomic E-state index is 10.9. The predicted octanol–water partition coefficient (Wildman–Crippen LogP) is 1.47. The second-order valence-corrected chi connectivity index (χ2v) is 3.17. The van der Waals surface area contributed by atoms with E-state index in [0.29, 0.717) is 0 Å². The highest BCUT2D eigenvalue weighted by Gasteiger charge is 1.98. The van der Waals surface area contributed by atoms with E-state index in [9.17, 15) is 4.79 Å². The zero-order valence-corrected chi connectivity index (χ0v) is 8.83. The summed E-state index contributed by atoms with van der Waals surface area (Å²) in [7, 11) is 1.36. The van der Waals surface area contributed by atoms with Crippen LogP contribution in [0.1, 0.15) is 6.42 Å². The third-order valence-corrected chi connectivity index (χ3v) is 2.05. The Morgan fingerprint density at radius 1 is 1.38 bits per heavy atom. The summed E-state index contributed by atoms with van der Waals surface area (Å²) in [5.74, 6) is -0.284. The van der Waals surface area contributed by atoms with E-state index in [4.69, 9.17) is 0 Å². The number of hydrogen-bond donors (Lipinski definition) is 0. The summed E-state index contributed by atoms with van der Waals surface area (Å²) in [4.78, 5) is 12.3. The van der Waals surface area contributed by atoms with Gasteiger partial charge >= 0.3 is 5.97 Å². The Labute approximate surface area is 92.3 Å². The van der Waals surface area contributed by atoms with Crippen LogP contribution in [0.5, 0.6) is 0 Å². The standard InChI is InChI=1S/C11H11N3O2/c1-16-11(15)7-4-8-14-12-9-5-2-3-6-10(9)13-14/h2-6,8H,7H2,1H3. The lowest BCUT2D eigenvalue weighted by Gasteiger charge is -1.91. The smallest absolute Gasteiger partial charge is 0.309 e. The largest absolute Gasteiger partial charge is 0.469 e. The Balaban J connectivity index is 2.12. The summed E-state index contributed by atoms with van der Waals surface area (Å²) in [5.41, 5.74) is 1.65. The Hall–Kier alpha value is -2.17. The first-order valence-electron chi connectivity index (χ1n) is 4.84. The maximum atomic E-state index is 10.9. The first-order valence-corrected chi connectivity index (χ1v) is 4.84. The van der Waals surface area contributed by atoms with Crippen LogP contribution in [0, 0.1) is 0 Å². The summed E-state index contributed by atoms with van der Waals surface area (Å²) in [6, 6.07) is 7.57. The lowest BCUT2D eigenvalue weighted by atomic mass is 10.3. The van der Waals surface area contributed by atoms with Crippen LogP contribution in [-0.2, 0) is 9.53 Å². The van der Waals surface area contributed by atoms with Crippen LogP contribution in [-0.4, -0.2) is 28.1 Å². The number of methoxy groups -OCH3 is 1. The van der Waals surface area contributed by atoms with Gasteiger partial charge in [0.1, 0.15) is 11.0 Å². The number of ether oxygens (including phenoxy) is 1. The van der Waals surface area contributed by atoms with Crippen LogP contribution < -0.4 is 0 Å². The molecule has 2 aromatic rings. The van der Waals surface area contributed by atoms with E-state index in [1.807, 2.05) is 24.3 Å². The van der Waals surface area contributed by atoms with E-state index in [0.717, 1.165) is 11.0 Å². The molecule has 0 aliphatic rings. The number of nitrogens with zero attached hydrogens (tertiary/aromatic N) is 3. The molecule has 82 valence electrons. The number of carbonyl (C=O) groups is 1. The van der Waals surface area contributed by atoms with Crippen molar-refractivity contribution in [2.75, 3.05) is 7.11 Å². The SMILES string of the molecule is COC(=O)CC=Cn1nc2ccccc2n1. The molecule has 5 heteroatoms. The van der Waals surface area contributed by atoms with Crippen molar-refractivity contribution in [3.63, 3.8) is 0 Å². The van der Waals surface area contributed by atoms with Crippen LogP contribution in [0.2, 0.25) is 0 Å². The lowest BCUT2D eigenvalue weighted by molar-refractivity contribution is -0.139. The molecule has 0 aliphatic carbocycles. The Morgan fingerprint density at radius 2 is 2.00 bits per heavy atom. The molecule has 0 spiro atoms. The molecule has 1 heterocycles. The van der Waals surface area contributed by atoms with Crippen LogP contribution in [0.3, 0.4) is 0 Å². The number of hydrogen-bond acceptors (Lipinski definition) is 4. The maximum Gasteiger partial charge on any atom is 0.309 e. The number of carbonyl (C=O) groups excluding carboxylic acids is 1. The van der Waals surface area contributed by atoms with Gasteiger partial charge in [-0.25, -0.2) is 0 Å². The molecule has 0 bridgehead atoms. The first kappa shape index (κ1) is 10.4. The van der Waals surface area contributed by atoms with Crippen molar-refractivity contribution in [1.82, 2.24) is 15.0 Å². The van der Waals surface area contributed by atoms with E-state index in [2.05, 4.69) is 14.9 Å². The van der Waals surface area contributed by atoms with Gasteiger partial charge in [0.05, 0.1) is 13.5 Å². The Kier molecular flexibility index (Phi) is 2.95. The monoisotopic (exact) mass is 217 g/mol. The van der Waals surface area contributed by atoms with Crippen LogP contribution in [0.25, 0.3) is 17.2 Å². The molecule has 0 aliphatic heterocycles. The second-order valence-electron chi connectivity index (χ2n) is 3.17. The molecule has 0 N–H and O–H groups in total. The highest BCUT2D eigenvalue weighted by atomic mass is 16.5. The van der Waals surface area contributed by atoms with E-state index in [1.54, 1.807) is 12.3 Å². The molecule has 0 amide bonds. The fraction of sp³-hybridized carbons (Fsp3) is 0.182. The van der Waals surface area contributed by atoms with Crippen LogP contribution in [0.15, 0.2) is 30.3 Å². The van der Waals surface area contributed by atoms with Gasteiger partial charge < -0.3 is 4.74 Å². The van der Waals surface area contributed by atoms with E-state index in [1.165, 1.54) is 11.9 Å². The van der Waals surface area contributed by atoms with Gasteiger partial charge in [-0.05, 0) is 12.1 Å².